The Balaban J connectivity index is 2.02. The normalized spacial score (nSPS) is 29.4. The van der Waals surface area contributed by atoms with E-state index in [1.807, 2.05) is 43.4 Å². The molecule has 0 saturated carbocycles. The summed E-state index contributed by atoms with van der Waals surface area (Å²) in [6, 6.07) is 10.3. The highest BCUT2D eigenvalue weighted by molar-refractivity contribution is 5.68. The van der Waals surface area contributed by atoms with Gasteiger partial charge in [-0.1, -0.05) is 61.6 Å². The van der Waals surface area contributed by atoms with Crippen molar-refractivity contribution >= 4 is 5.97 Å². The fourth-order valence-corrected chi connectivity index (χ4v) is 4.57. The van der Waals surface area contributed by atoms with Gasteiger partial charge >= 0.3 is 5.97 Å². The fraction of sp³-hybridized carbons (Fsp3) is 0.500. The number of carboxylic acid groups (broad SMARTS) is 1. The molecular weight excluding hydrogens is 326 g/mol. The zero-order valence-corrected chi connectivity index (χ0v) is 15.6. The van der Waals surface area contributed by atoms with Crippen LogP contribution in [-0.2, 0) is 4.79 Å². The molecule has 1 aromatic carbocycles. The van der Waals surface area contributed by atoms with Crippen molar-refractivity contribution in [2.75, 3.05) is 13.1 Å². The molecule has 2 aliphatic rings. The summed E-state index contributed by atoms with van der Waals surface area (Å²) >= 11 is 0. The lowest BCUT2D eigenvalue weighted by atomic mass is 9.66. The number of hydrogen-bond donors (Lipinski definition) is 2. The van der Waals surface area contributed by atoms with E-state index in [1.165, 1.54) is 5.56 Å². The number of benzene rings is 1. The SMILES string of the molecule is CC(c1ccccc1)[C@]1(N2CCC(C)(O)CC2)C=CC=C[C@H]1CC(=O)O. The Morgan fingerprint density at radius 2 is 1.88 bits per heavy atom. The zero-order valence-electron chi connectivity index (χ0n) is 15.6. The number of aliphatic carboxylic acids is 1. The van der Waals surface area contributed by atoms with Gasteiger partial charge in [0, 0.05) is 24.9 Å². The van der Waals surface area contributed by atoms with Crippen LogP contribution in [0, 0.1) is 5.92 Å². The molecule has 1 unspecified atom stereocenters. The molecule has 1 aromatic rings. The van der Waals surface area contributed by atoms with Crippen molar-refractivity contribution < 1.29 is 15.0 Å². The lowest BCUT2D eigenvalue weighted by molar-refractivity contribution is -0.139. The quantitative estimate of drug-likeness (QED) is 0.847. The number of hydrogen-bond acceptors (Lipinski definition) is 3. The highest BCUT2D eigenvalue weighted by atomic mass is 16.4. The van der Waals surface area contributed by atoms with Crippen LogP contribution >= 0.6 is 0 Å². The molecular formula is C22H29NO3. The molecule has 1 heterocycles. The molecule has 3 rings (SSSR count). The summed E-state index contributed by atoms with van der Waals surface area (Å²) in [5.41, 5.74) is 0.176. The predicted molar refractivity (Wildman–Crippen MR) is 103 cm³/mol. The van der Waals surface area contributed by atoms with Gasteiger partial charge in [0.1, 0.15) is 0 Å². The highest BCUT2D eigenvalue weighted by Crippen LogP contribution is 2.46. The van der Waals surface area contributed by atoms with Gasteiger partial charge in [-0.2, -0.15) is 0 Å². The van der Waals surface area contributed by atoms with E-state index in [0.717, 1.165) is 13.1 Å². The van der Waals surface area contributed by atoms with E-state index in [0.29, 0.717) is 12.8 Å². The Morgan fingerprint density at radius 3 is 2.50 bits per heavy atom. The number of likely N-dealkylation sites (tertiary alicyclic amines) is 1. The first kappa shape index (κ1) is 18.9. The third-order valence-electron chi connectivity index (χ3n) is 6.19. The van der Waals surface area contributed by atoms with E-state index >= 15 is 0 Å². The van der Waals surface area contributed by atoms with Crippen LogP contribution in [0.4, 0.5) is 0 Å². The number of nitrogens with zero attached hydrogens (tertiary/aromatic N) is 1. The molecule has 1 aliphatic carbocycles. The first-order valence-corrected chi connectivity index (χ1v) is 9.45. The summed E-state index contributed by atoms with van der Waals surface area (Å²) in [4.78, 5) is 14.0. The molecule has 0 radical (unpaired) electrons. The highest BCUT2D eigenvalue weighted by Gasteiger charge is 2.48. The van der Waals surface area contributed by atoms with Crippen molar-refractivity contribution in [3.8, 4) is 0 Å². The lowest BCUT2D eigenvalue weighted by Crippen LogP contribution is -2.60. The van der Waals surface area contributed by atoms with Gasteiger partial charge in [-0.15, -0.1) is 0 Å². The van der Waals surface area contributed by atoms with Crippen molar-refractivity contribution in [3.63, 3.8) is 0 Å². The van der Waals surface area contributed by atoms with E-state index in [9.17, 15) is 15.0 Å². The van der Waals surface area contributed by atoms with Crippen molar-refractivity contribution in [2.24, 2.45) is 5.92 Å². The van der Waals surface area contributed by atoms with E-state index in [1.54, 1.807) is 0 Å². The summed E-state index contributed by atoms with van der Waals surface area (Å²) in [6.45, 7) is 5.61. The molecule has 1 fully saturated rings. The topological polar surface area (TPSA) is 60.8 Å². The number of carbonyl (C=O) groups is 1. The van der Waals surface area contributed by atoms with E-state index in [-0.39, 0.29) is 18.3 Å². The summed E-state index contributed by atoms with van der Waals surface area (Å²) in [5.74, 6) is -0.746. The maximum Gasteiger partial charge on any atom is 0.304 e. The van der Waals surface area contributed by atoms with Crippen molar-refractivity contribution in [2.45, 2.75) is 50.2 Å². The molecule has 0 bridgehead atoms. The first-order chi connectivity index (χ1) is 12.3. The van der Waals surface area contributed by atoms with Gasteiger partial charge in [0.15, 0.2) is 0 Å². The molecule has 0 aromatic heterocycles. The molecule has 1 saturated heterocycles. The van der Waals surface area contributed by atoms with Crippen molar-refractivity contribution in [1.82, 2.24) is 4.90 Å². The summed E-state index contributed by atoms with van der Waals surface area (Å²) in [5, 5.41) is 19.9. The standard InChI is InChI=1S/C22H29NO3/c1-17(18-8-4-3-5-9-18)22(23-14-12-21(2,26)13-15-23)11-7-6-10-19(22)16-20(24)25/h3-11,17,19,26H,12-16H2,1-2H3,(H,24,25)/t17?,19-,22+/m0/s1. The molecule has 4 nitrogen and oxygen atoms in total. The number of piperidine rings is 1. The maximum atomic E-state index is 11.6. The fourth-order valence-electron chi connectivity index (χ4n) is 4.57. The Morgan fingerprint density at radius 1 is 1.23 bits per heavy atom. The minimum Gasteiger partial charge on any atom is -0.481 e. The zero-order chi connectivity index (χ0) is 18.8. The monoisotopic (exact) mass is 355 g/mol. The Labute approximate surface area is 155 Å². The lowest BCUT2D eigenvalue weighted by Gasteiger charge is -2.54. The second kappa shape index (κ2) is 7.37. The van der Waals surface area contributed by atoms with Crippen LogP contribution < -0.4 is 0 Å². The Hall–Kier alpha value is -1.91. The molecule has 0 amide bonds. The Kier molecular flexibility index (Phi) is 5.35. The van der Waals surface area contributed by atoms with Gasteiger partial charge < -0.3 is 10.2 Å². The molecule has 3 atom stereocenters. The van der Waals surface area contributed by atoms with Gasteiger partial charge in [0.2, 0.25) is 0 Å². The average Bonchev–Trinajstić information content (AvgIpc) is 2.62. The smallest absolute Gasteiger partial charge is 0.304 e. The van der Waals surface area contributed by atoms with Crippen molar-refractivity contribution in [1.29, 1.82) is 0 Å². The molecule has 0 spiro atoms. The van der Waals surface area contributed by atoms with Gasteiger partial charge in [-0.05, 0) is 25.3 Å². The van der Waals surface area contributed by atoms with Crippen LogP contribution in [0.1, 0.15) is 44.6 Å². The van der Waals surface area contributed by atoms with E-state index in [4.69, 9.17) is 0 Å². The molecule has 26 heavy (non-hydrogen) atoms. The third-order valence-corrected chi connectivity index (χ3v) is 6.19. The number of allylic oxidation sites excluding steroid dienone is 2. The number of aliphatic hydroxyl groups is 1. The van der Waals surface area contributed by atoms with Gasteiger partial charge in [0.05, 0.1) is 17.6 Å². The molecule has 140 valence electrons. The number of rotatable bonds is 5. The van der Waals surface area contributed by atoms with Crippen LogP contribution in [0.25, 0.3) is 0 Å². The van der Waals surface area contributed by atoms with Gasteiger partial charge in [0.25, 0.3) is 0 Å². The number of carboxylic acids is 1. The largest absolute Gasteiger partial charge is 0.481 e. The summed E-state index contributed by atoms with van der Waals surface area (Å²) in [6.07, 6.45) is 9.75. The average molecular weight is 355 g/mol. The van der Waals surface area contributed by atoms with Crippen LogP contribution in [0.5, 0.6) is 0 Å². The van der Waals surface area contributed by atoms with E-state index in [2.05, 4.69) is 30.0 Å². The molecule has 1 aliphatic heterocycles. The van der Waals surface area contributed by atoms with Crippen molar-refractivity contribution in [3.05, 3.63) is 60.2 Å². The minimum absolute atomic E-state index is 0.102. The summed E-state index contributed by atoms with van der Waals surface area (Å²) in [7, 11) is 0. The minimum atomic E-state index is -0.774. The maximum absolute atomic E-state index is 11.6. The van der Waals surface area contributed by atoms with Crippen LogP contribution in [0.15, 0.2) is 54.6 Å². The van der Waals surface area contributed by atoms with Crippen LogP contribution in [0.2, 0.25) is 0 Å². The second-order valence-electron chi connectivity index (χ2n) is 7.95. The third kappa shape index (κ3) is 3.62. The second-order valence-corrected chi connectivity index (χ2v) is 7.95. The Bertz CT molecular complexity index is 685. The van der Waals surface area contributed by atoms with Gasteiger partial charge in [-0.25, -0.2) is 0 Å². The predicted octanol–water partition coefficient (Wildman–Crippen LogP) is 3.59. The summed E-state index contributed by atoms with van der Waals surface area (Å²) < 4.78 is 0. The van der Waals surface area contributed by atoms with E-state index < -0.39 is 17.1 Å². The molecule has 4 heteroatoms. The first-order valence-electron chi connectivity index (χ1n) is 9.45. The van der Waals surface area contributed by atoms with Crippen LogP contribution in [0.3, 0.4) is 0 Å². The molecule has 2 N–H and O–H groups in total. The van der Waals surface area contributed by atoms with Crippen LogP contribution in [-0.4, -0.2) is 45.3 Å². The van der Waals surface area contributed by atoms with Gasteiger partial charge in [-0.3, -0.25) is 9.69 Å².